The summed E-state index contributed by atoms with van der Waals surface area (Å²) in [4.78, 5) is 37.3. The van der Waals surface area contributed by atoms with Gasteiger partial charge in [-0.25, -0.2) is 0 Å². The second-order valence-electron chi connectivity index (χ2n) is 3.66. The molecule has 0 aromatic carbocycles. The van der Waals surface area contributed by atoms with Crippen LogP contribution in [0.2, 0.25) is 6.04 Å². The highest BCUT2D eigenvalue weighted by molar-refractivity contribution is 7.59. The van der Waals surface area contributed by atoms with Gasteiger partial charge in [0.05, 0.1) is 11.0 Å². The Morgan fingerprint density at radius 2 is 1.88 bits per heavy atom. The van der Waals surface area contributed by atoms with Gasteiger partial charge in [0.2, 0.25) is 0 Å². The number of hydrogen-bond donors (Lipinski definition) is 4. The van der Waals surface area contributed by atoms with Crippen molar-refractivity contribution in [2.45, 2.75) is 30.2 Å². The average molecular weight is 304 g/mol. The fourth-order valence-corrected chi connectivity index (χ4v) is 6.14. The van der Waals surface area contributed by atoms with Crippen molar-refractivity contribution in [3.05, 3.63) is 0 Å². The molecule has 98 valence electrons. The molecule has 10 heteroatoms. The Kier molecular flexibility index (Phi) is 8.24. The lowest BCUT2D eigenvalue weighted by Crippen LogP contribution is -2.43. The minimum atomic E-state index is -3.92. The molecule has 0 aromatic rings. The number of rotatable bonds is 9. The predicted molar refractivity (Wildman–Crippen MR) is 70.5 cm³/mol. The Hall–Kier alpha value is 0.681. The van der Waals surface area contributed by atoms with E-state index in [2.05, 4.69) is 0 Å². The Morgan fingerprint density at radius 1 is 1.31 bits per heavy atom. The quantitative estimate of drug-likeness (QED) is 0.210. The first-order valence-electron chi connectivity index (χ1n) is 5.29. The van der Waals surface area contributed by atoms with E-state index < -0.39 is 41.3 Å². The molecular weight excluding hydrogens is 283 g/mol. The summed E-state index contributed by atoms with van der Waals surface area (Å²) in [5.41, 5.74) is 0. The van der Waals surface area contributed by atoms with Crippen LogP contribution in [0.3, 0.4) is 0 Å². The molecule has 1 unspecified atom stereocenters. The van der Waals surface area contributed by atoms with Gasteiger partial charge in [0.25, 0.3) is 0 Å². The third kappa shape index (κ3) is 4.17. The summed E-state index contributed by atoms with van der Waals surface area (Å²) in [6.45, 7) is 1.69. The third-order valence-electron chi connectivity index (χ3n) is 2.54. The van der Waals surface area contributed by atoms with E-state index in [1.807, 2.05) is 0 Å². The molecule has 0 rings (SSSR count). The van der Waals surface area contributed by atoms with Gasteiger partial charge in [-0.2, -0.15) is 0 Å². The first-order chi connectivity index (χ1) is 7.49. The van der Waals surface area contributed by atoms with E-state index in [0.717, 1.165) is 0 Å². The SMILES string of the molecule is CCOP(=O)(O)C(CCC[SiH2]O)([SiH2]O)[SiH2]O. The van der Waals surface area contributed by atoms with Gasteiger partial charge in [0, 0.05) is 0 Å². The summed E-state index contributed by atoms with van der Waals surface area (Å²) in [6.07, 6.45) is 0.862. The molecule has 4 N–H and O–H groups in total. The van der Waals surface area contributed by atoms with Crippen LogP contribution in [-0.2, 0) is 9.09 Å². The molecule has 0 saturated heterocycles. The van der Waals surface area contributed by atoms with Crippen molar-refractivity contribution < 1.29 is 28.4 Å². The van der Waals surface area contributed by atoms with E-state index in [-0.39, 0.29) is 6.61 Å². The van der Waals surface area contributed by atoms with E-state index >= 15 is 0 Å². The molecule has 0 aromatic heterocycles. The fraction of sp³-hybridized carbons (Fsp3) is 1.00. The monoisotopic (exact) mass is 304 g/mol. The van der Waals surface area contributed by atoms with Crippen molar-refractivity contribution in [3.8, 4) is 0 Å². The molecule has 0 radical (unpaired) electrons. The smallest absolute Gasteiger partial charge is 0.332 e. The fourth-order valence-electron chi connectivity index (χ4n) is 1.41. The van der Waals surface area contributed by atoms with Gasteiger partial charge >= 0.3 is 7.60 Å². The standard InChI is InChI=1S/C6H21O6PSi3/c1-2-12-13(7,8)6(15-10,16-11)4-3-5-14-9/h9-11H,2-5,14-16H2,1H3,(H,7,8). The first-order valence-corrected chi connectivity index (χ1v) is 11.2. The highest BCUT2D eigenvalue weighted by atomic mass is 31.2. The van der Waals surface area contributed by atoms with Crippen LogP contribution >= 0.6 is 7.60 Å². The van der Waals surface area contributed by atoms with Gasteiger partial charge in [0.15, 0.2) is 29.3 Å². The minimum Gasteiger partial charge on any atom is -0.438 e. The van der Waals surface area contributed by atoms with Gasteiger partial charge in [-0.3, -0.25) is 4.57 Å². The maximum Gasteiger partial charge on any atom is 0.332 e. The lowest BCUT2D eigenvalue weighted by atomic mass is 10.4. The van der Waals surface area contributed by atoms with Crippen LogP contribution in [0.5, 0.6) is 0 Å². The van der Waals surface area contributed by atoms with Crippen molar-refractivity contribution in [2.24, 2.45) is 0 Å². The van der Waals surface area contributed by atoms with Crippen molar-refractivity contribution in [1.82, 2.24) is 0 Å². The van der Waals surface area contributed by atoms with E-state index in [4.69, 9.17) is 9.32 Å². The molecule has 0 bridgehead atoms. The summed E-state index contributed by atoms with van der Waals surface area (Å²) in [5.74, 6) is 0. The maximum atomic E-state index is 11.9. The molecule has 16 heavy (non-hydrogen) atoms. The molecule has 0 aliphatic carbocycles. The summed E-state index contributed by atoms with van der Waals surface area (Å²) in [7, 11) is -8.63. The third-order valence-corrected chi connectivity index (χ3v) is 11.9. The minimum absolute atomic E-state index is 0.0904. The molecule has 0 spiro atoms. The Labute approximate surface area is 102 Å². The summed E-state index contributed by atoms with van der Waals surface area (Å²) < 4.78 is 15.5. The van der Waals surface area contributed by atoms with Gasteiger partial charge in [0.1, 0.15) is 0 Å². The second-order valence-corrected chi connectivity index (χ2v) is 12.6. The van der Waals surface area contributed by atoms with Gasteiger partial charge in [-0.05, 0) is 19.4 Å². The van der Waals surface area contributed by atoms with Crippen LogP contribution in [0.25, 0.3) is 0 Å². The average Bonchev–Trinajstić information content (AvgIpc) is 2.24. The van der Waals surface area contributed by atoms with Crippen molar-refractivity contribution in [3.63, 3.8) is 0 Å². The molecular formula is C6H21O6PSi3. The maximum absolute atomic E-state index is 11.9. The topological polar surface area (TPSA) is 107 Å². The Bertz CT molecular complexity index is 236. The van der Waals surface area contributed by atoms with Crippen LogP contribution in [-0.4, -0.2) is 59.6 Å². The van der Waals surface area contributed by atoms with Gasteiger partial charge < -0.3 is 23.8 Å². The zero-order valence-corrected chi connectivity index (χ0v) is 14.6. The molecule has 0 fully saturated rings. The molecule has 0 aliphatic rings. The highest BCUT2D eigenvalue weighted by Gasteiger charge is 2.48. The highest BCUT2D eigenvalue weighted by Crippen LogP contribution is 2.55. The predicted octanol–water partition coefficient (Wildman–Crippen LogP) is -2.71. The second kappa shape index (κ2) is 7.90. The van der Waals surface area contributed by atoms with Crippen molar-refractivity contribution >= 4 is 36.9 Å². The normalized spacial score (nSPS) is 21.3. The molecule has 0 saturated carbocycles. The van der Waals surface area contributed by atoms with Crippen LogP contribution in [0.1, 0.15) is 19.8 Å². The van der Waals surface area contributed by atoms with E-state index in [1.54, 1.807) is 6.92 Å². The zero-order valence-electron chi connectivity index (χ0n) is 9.50. The van der Waals surface area contributed by atoms with Crippen LogP contribution in [0.15, 0.2) is 0 Å². The summed E-state index contributed by atoms with van der Waals surface area (Å²) >= 11 is 0. The Morgan fingerprint density at radius 3 is 2.25 bits per heavy atom. The van der Waals surface area contributed by atoms with Crippen molar-refractivity contribution in [1.29, 1.82) is 0 Å². The first kappa shape index (κ1) is 16.7. The van der Waals surface area contributed by atoms with E-state index in [0.29, 0.717) is 18.9 Å². The molecule has 0 heterocycles. The van der Waals surface area contributed by atoms with E-state index in [1.165, 1.54) is 0 Å². The molecule has 0 aliphatic heterocycles. The van der Waals surface area contributed by atoms with E-state index in [9.17, 15) is 19.0 Å². The van der Waals surface area contributed by atoms with Crippen LogP contribution in [0, 0.1) is 0 Å². The molecule has 1 atom stereocenters. The van der Waals surface area contributed by atoms with Gasteiger partial charge in [-0.15, -0.1) is 0 Å². The van der Waals surface area contributed by atoms with Crippen molar-refractivity contribution in [2.75, 3.05) is 6.61 Å². The number of hydrogen-bond acceptors (Lipinski definition) is 5. The zero-order chi connectivity index (χ0) is 12.7. The summed E-state index contributed by atoms with van der Waals surface area (Å²) in [5, 5.41) is 0. The molecule has 6 nitrogen and oxygen atoms in total. The van der Waals surface area contributed by atoms with Crippen LogP contribution in [0.4, 0.5) is 0 Å². The molecule has 0 amide bonds. The lowest BCUT2D eigenvalue weighted by Gasteiger charge is -2.32. The van der Waals surface area contributed by atoms with Gasteiger partial charge in [-0.1, -0.05) is 6.42 Å². The Balaban J connectivity index is 4.71. The summed E-state index contributed by atoms with van der Waals surface area (Å²) in [6, 6.07) is 0.636. The largest absolute Gasteiger partial charge is 0.438 e. The van der Waals surface area contributed by atoms with Crippen LogP contribution < -0.4 is 0 Å². The lowest BCUT2D eigenvalue weighted by molar-refractivity contribution is 0.262.